The minimum absolute atomic E-state index is 0.00116. The fourth-order valence-corrected chi connectivity index (χ4v) is 5.66. The fraction of sp³-hybridized carbons (Fsp3) is 0.667. The molecule has 7 heteroatoms. The first-order valence-electron chi connectivity index (χ1n) is 10.4. The molecule has 6 nitrogen and oxygen atoms in total. The number of nitrogens with zero attached hydrogens (tertiary/aromatic N) is 1. The molecule has 3 fully saturated rings. The van der Waals surface area contributed by atoms with Crippen molar-refractivity contribution in [1.29, 1.82) is 0 Å². The number of methoxy groups -OCH3 is 1. The second-order valence-corrected chi connectivity index (χ2v) is 10.3. The second kappa shape index (κ2) is 7.67. The van der Waals surface area contributed by atoms with Gasteiger partial charge in [0.15, 0.2) is 0 Å². The molecule has 3 aliphatic rings. The van der Waals surface area contributed by atoms with Crippen LogP contribution in [-0.4, -0.2) is 44.5 Å². The first-order chi connectivity index (χ1) is 13.4. The quantitative estimate of drug-likeness (QED) is 0.754. The van der Waals surface area contributed by atoms with Crippen molar-refractivity contribution >= 4 is 15.9 Å². The minimum Gasteiger partial charge on any atom is -0.495 e. The SMILES string of the molecule is COc1ccc(C(=O)N(C2CCC(C)CC2)C2CC2)cc1S(=O)(=O)NC1CC1. The van der Waals surface area contributed by atoms with Gasteiger partial charge >= 0.3 is 0 Å². The summed E-state index contributed by atoms with van der Waals surface area (Å²) in [5.74, 6) is 0.945. The molecule has 28 heavy (non-hydrogen) atoms. The van der Waals surface area contributed by atoms with Crippen LogP contribution in [0.4, 0.5) is 0 Å². The van der Waals surface area contributed by atoms with Gasteiger partial charge in [0, 0.05) is 23.7 Å². The Kier molecular flexibility index (Phi) is 5.40. The van der Waals surface area contributed by atoms with E-state index in [2.05, 4.69) is 11.6 Å². The van der Waals surface area contributed by atoms with E-state index in [1.807, 2.05) is 4.90 Å². The molecule has 4 rings (SSSR count). The van der Waals surface area contributed by atoms with Gasteiger partial charge in [-0.1, -0.05) is 6.92 Å². The van der Waals surface area contributed by atoms with Gasteiger partial charge in [-0.2, -0.15) is 0 Å². The van der Waals surface area contributed by atoms with Crippen molar-refractivity contribution in [3.05, 3.63) is 23.8 Å². The molecule has 0 aliphatic heterocycles. The molecule has 0 spiro atoms. The van der Waals surface area contributed by atoms with Crippen molar-refractivity contribution in [3.8, 4) is 5.75 Å². The smallest absolute Gasteiger partial charge is 0.254 e. The van der Waals surface area contributed by atoms with E-state index in [4.69, 9.17) is 4.74 Å². The van der Waals surface area contributed by atoms with E-state index in [-0.39, 0.29) is 28.6 Å². The van der Waals surface area contributed by atoms with Gasteiger partial charge in [0.1, 0.15) is 10.6 Å². The summed E-state index contributed by atoms with van der Waals surface area (Å²) >= 11 is 0. The highest BCUT2D eigenvalue weighted by Crippen LogP contribution is 2.37. The van der Waals surface area contributed by atoms with Crippen LogP contribution < -0.4 is 9.46 Å². The summed E-state index contributed by atoms with van der Waals surface area (Å²) in [6, 6.07) is 5.36. The van der Waals surface area contributed by atoms with Crippen LogP contribution in [0, 0.1) is 5.92 Å². The van der Waals surface area contributed by atoms with Gasteiger partial charge in [-0.25, -0.2) is 13.1 Å². The molecule has 3 aliphatic carbocycles. The number of hydrogen-bond acceptors (Lipinski definition) is 4. The largest absolute Gasteiger partial charge is 0.495 e. The number of carbonyl (C=O) groups excluding carboxylic acids is 1. The highest BCUT2D eigenvalue weighted by molar-refractivity contribution is 7.89. The first kappa shape index (κ1) is 19.7. The maximum atomic E-state index is 13.4. The number of carbonyl (C=O) groups is 1. The van der Waals surface area contributed by atoms with Crippen molar-refractivity contribution in [2.24, 2.45) is 5.92 Å². The van der Waals surface area contributed by atoms with E-state index in [0.717, 1.165) is 57.3 Å². The van der Waals surface area contributed by atoms with Crippen molar-refractivity contribution in [3.63, 3.8) is 0 Å². The van der Waals surface area contributed by atoms with E-state index in [9.17, 15) is 13.2 Å². The third-order valence-corrected chi connectivity index (χ3v) is 7.69. The second-order valence-electron chi connectivity index (χ2n) is 8.62. The number of nitrogens with one attached hydrogen (secondary N) is 1. The summed E-state index contributed by atoms with van der Waals surface area (Å²) in [5.41, 5.74) is 0.433. The lowest BCUT2D eigenvalue weighted by atomic mass is 9.86. The van der Waals surface area contributed by atoms with Crippen LogP contribution >= 0.6 is 0 Å². The topological polar surface area (TPSA) is 75.7 Å². The summed E-state index contributed by atoms with van der Waals surface area (Å²) in [5, 5.41) is 0. The van der Waals surface area contributed by atoms with E-state index in [0.29, 0.717) is 11.6 Å². The minimum atomic E-state index is -3.70. The Morgan fingerprint density at radius 1 is 1.04 bits per heavy atom. The van der Waals surface area contributed by atoms with Gasteiger partial charge < -0.3 is 9.64 Å². The molecular formula is C21H30N2O4S. The van der Waals surface area contributed by atoms with Crippen LogP contribution in [0.3, 0.4) is 0 Å². The molecule has 1 aromatic rings. The molecular weight excluding hydrogens is 376 g/mol. The summed E-state index contributed by atoms with van der Waals surface area (Å²) in [6.07, 6.45) is 8.17. The zero-order valence-corrected chi connectivity index (χ0v) is 17.5. The number of benzene rings is 1. The lowest BCUT2D eigenvalue weighted by Gasteiger charge is -2.36. The molecule has 0 radical (unpaired) electrons. The van der Waals surface area contributed by atoms with Gasteiger partial charge in [-0.3, -0.25) is 4.79 Å². The predicted octanol–water partition coefficient (Wildman–Crippen LogP) is 3.32. The van der Waals surface area contributed by atoms with Crippen LogP contribution in [0.15, 0.2) is 23.1 Å². The standard InChI is InChI=1S/C21H30N2O4S/c1-14-3-8-17(9-4-14)23(18-10-11-18)21(24)15-5-12-19(27-2)20(13-15)28(25,26)22-16-6-7-16/h5,12-14,16-18,22H,3-4,6-11H2,1-2H3. The third-order valence-electron chi connectivity index (χ3n) is 6.15. The Balaban J connectivity index is 1.61. The zero-order chi connectivity index (χ0) is 19.9. The van der Waals surface area contributed by atoms with Crippen molar-refractivity contribution in [2.45, 2.75) is 81.3 Å². The number of hydrogen-bond donors (Lipinski definition) is 1. The van der Waals surface area contributed by atoms with Crippen LogP contribution in [0.25, 0.3) is 0 Å². The molecule has 0 bridgehead atoms. The third kappa shape index (κ3) is 4.20. The molecule has 1 aromatic carbocycles. The molecule has 0 aromatic heterocycles. The number of ether oxygens (including phenoxy) is 1. The van der Waals surface area contributed by atoms with Crippen molar-refractivity contribution in [2.75, 3.05) is 7.11 Å². The van der Waals surface area contributed by atoms with Gasteiger partial charge in [0.25, 0.3) is 5.91 Å². The number of amides is 1. The molecule has 3 saturated carbocycles. The van der Waals surface area contributed by atoms with Gasteiger partial charge in [0.05, 0.1) is 7.11 Å². The Labute approximate surface area is 167 Å². The highest BCUT2D eigenvalue weighted by atomic mass is 32.2. The van der Waals surface area contributed by atoms with Gasteiger partial charge in [-0.15, -0.1) is 0 Å². The van der Waals surface area contributed by atoms with Gasteiger partial charge in [-0.05, 0) is 75.5 Å². The zero-order valence-electron chi connectivity index (χ0n) is 16.7. The maximum Gasteiger partial charge on any atom is 0.254 e. The lowest BCUT2D eigenvalue weighted by molar-refractivity contribution is 0.0592. The number of sulfonamides is 1. The van der Waals surface area contributed by atoms with E-state index < -0.39 is 10.0 Å². The molecule has 0 atom stereocenters. The molecule has 0 saturated heterocycles. The normalized spacial score (nSPS) is 25.4. The molecule has 1 N–H and O–H groups in total. The van der Waals surface area contributed by atoms with E-state index in [1.165, 1.54) is 13.2 Å². The average molecular weight is 407 g/mol. The molecule has 0 unspecified atom stereocenters. The molecule has 0 heterocycles. The molecule has 1 amide bonds. The summed E-state index contributed by atoms with van der Waals surface area (Å²) in [4.78, 5) is 15.5. The average Bonchev–Trinajstić information content (AvgIpc) is 3.59. The lowest BCUT2D eigenvalue weighted by Crippen LogP contribution is -2.43. The Hall–Kier alpha value is -1.60. The Bertz CT molecular complexity index is 838. The fourth-order valence-electron chi connectivity index (χ4n) is 4.16. The van der Waals surface area contributed by atoms with Crippen molar-refractivity contribution in [1.82, 2.24) is 9.62 Å². The maximum absolute atomic E-state index is 13.4. The van der Waals surface area contributed by atoms with Crippen LogP contribution in [-0.2, 0) is 10.0 Å². The van der Waals surface area contributed by atoms with E-state index in [1.54, 1.807) is 12.1 Å². The summed E-state index contributed by atoms with van der Waals surface area (Å²) in [7, 11) is -2.25. The summed E-state index contributed by atoms with van der Waals surface area (Å²) < 4.78 is 33.5. The predicted molar refractivity (Wildman–Crippen MR) is 107 cm³/mol. The first-order valence-corrected chi connectivity index (χ1v) is 11.9. The van der Waals surface area contributed by atoms with Crippen LogP contribution in [0.5, 0.6) is 5.75 Å². The summed E-state index contributed by atoms with van der Waals surface area (Å²) in [6.45, 7) is 2.27. The van der Waals surface area contributed by atoms with Crippen LogP contribution in [0.1, 0.15) is 68.6 Å². The number of rotatable bonds is 7. The Morgan fingerprint density at radius 2 is 1.64 bits per heavy atom. The van der Waals surface area contributed by atoms with Crippen LogP contribution in [0.2, 0.25) is 0 Å². The monoisotopic (exact) mass is 406 g/mol. The van der Waals surface area contributed by atoms with Gasteiger partial charge in [0.2, 0.25) is 10.0 Å². The van der Waals surface area contributed by atoms with Crippen molar-refractivity contribution < 1.29 is 17.9 Å². The van der Waals surface area contributed by atoms with E-state index >= 15 is 0 Å². The molecule has 154 valence electrons. The highest BCUT2D eigenvalue weighted by Gasteiger charge is 2.39. The Morgan fingerprint density at radius 3 is 2.18 bits per heavy atom.